The van der Waals surface area contributed by atoms with Crippen molar-refractivity contribution in [3.63, 3.8) is 0 Å². The Labute approximate surface area is 84.7 Å². The van der Waals surface area contributed by atoms with Crippen LogP contribution in [0.15, 0.2) is 24.3 Å². The van der Waals surface area contributed by atoms with E-state index >= 15 is 0 Å². The minimum absolute atomic E-state index is 0.222. The maximum absolute atomic E-state index is 8.65. The lowest BCUT2D eigenvalue weighted by molar-refractivity contribution is 0.185. The number of hydrogen-bond acceptors (Lipinski definition) is 3. The summed E-state index contributed by atoms with van der Waals surface area (Å²) in [5, 5.41) is 11.9. The molecule has 0 saturated heterocycles. The molecule has 1 aromatic carbocycles. The van der Waals surface area contributed by atoms with Gasteiger partial charge >= 0.3 is 0 Å². The molecular formula is C11H17NO2. The van der Waals surface area contributed by atoms with Gasteiger partial charge in [0.25, 0.3) is 0 Å². The van der Waals surface area contributed by atoms with Gasteiger partial charge in [0, 0.05) is 31.5 Å². The van der Waals surface area contributed by atoms with Gasteiger partial charge in [0.1, 0.15) is 0 Å². The topological polar surface area (TPSA) is 41.5 Å². The Morgan fingerprint density at radius 2 is 2.14 bits per heavy atom. The Hall–Kier alpha value is -1.06. The molecule has 0 aliphatic rings. The number of nitrogens with one attached hydrogen (secondary N) is 1. The molecule has 1 aromatic rings. The Kier molecular flexibility index (Phi) is 5.04. The van der Waals surface area contributed by atoms with Gasteiger partial charge < -0.3 is 15.2 Å². The molecule has 78 valence electrons. The van der Waals surface area contributed by atoms with Gasteiger partial charge in [-0.25, -0.2) is 0 Å². The van der Waals surface area contributed by atoms with Gasteiger partial charge in [-0.2, -0.15) is 0 Å². The van der Waals surface area contributed by atoms with Crippen molar-refractivity contribution in [2.45, 2.75) is 13.0 Å². The maximum atomic E-state index is 8.65. The van der Waals surface area contributed by atoms with Crippen LogP contribution in [0.3, 0.4) is 0 Å². The van der Waals surface area contributed by atoms with Crippen LogP contribution in [0.1, 0.15) is 12.0 Å². The first-order valence-corrected chi connectivity index (χ1v) is 4.80. The summed E-state index contributed by atoms with van der Waals surface area (Å²) in [5.74, 6) is 0. The lowest BCUT2D eigenvalue weighted by Crippen LogP contribution is -2.05. The van der Waals surface area contributed by atoms with Crippen LogP contribution in [0.25, 0.3) is 0 Å². The van der Waals surface area contributed by atoms with Crippen LogP contribution < -0.4 is 5.32 Å². The van der Waals surface area contributed by atoms with E-state index in [1.807, 2.05) is 24.3 Å². The van der Waals surface area contributed by atoms with Crippen LogP contribution in [-0.4, -0.2) is 25.4 Å². The van der Waals surface area contributed by atoms with Crippen LogP contribution in [0.2, 0.25) is 0 Å². The van der Waals surface area contributed by atoms with E-state index < -0.39 is 0 Å². The standard InChI is InChI=1S/C11H17NO2/c1-14-9-10-5-2-3-6-11(10)12-7-4-8-13/h2-3,5-6,12-13H,4,7-9H2,1H3. The normalized spacial score (nSPS) is 10.1. The summed E-state index contributed by atoms with van der Waals surface area (Å²) in [6.45, 7) is 1.62. The smallest absolute Gasteiger partial charge is 0.0733 e. The molecule has 2 N–H and O–H groups in total. The average molecular weight is 195 g/mol. The summed E-state index contributed by atoms with van der Waals surface area (Å²) in [6.07, 6.45) is 0.765. The quantitative estimate of drug-likeness (QED) is 0.678. The van der Waals surface area contributed by atoms with Crippen molar-refractivity contribution in [1.29, 1.82) is 0 Å². The molecule has 0 fully saturated rings. The number of hydrogen-bond donors (Lipinski definition) is 2. The Morgan fingerprint density at radius 3 is 2.86 bits per heavy atom. The fourth-order valence-electron chi connectivity index (χ4n) is 1.28. The number of anilines is 1. The van der Waals surface area contributed by atoms with E-state index in [0.717, 1.165) is 24.2 Å². The number of aliphatic hydroxyl groups is 1. The molecule has 3 heteroatoms. The highest BCUT2D eigenvalue weighted by Gasteiger charge is 1.99. The third-order valence-corrected chi connectivity index (χ3v) is 1.97. The summed E-state index contributed by atoms with van der Waals surface area (Å²) in [7, 11) is 1.69. The van der Waals surface area contributed by atoms with Crippen molar-refractivity contribution < 1.29 is 9.84 Å². The zero-order chi connectivity index (χ0) is 10.2. The van der Waals surface area contributed by atoms with Crippen LogP contribution in [-0.2, 0) is 11.3 Å². The molecule has 0 bridgehead atoms. The number of benzene rings is 1. The second-order valence-electron chi connectivity index (χ2n) is 3.09. The molecule has 0 aromatic heterocycles. The number of methoxy groups -OCH3 is 1. The molecule has 0 unspecified atom stereocenters. The molecule has 0 atom stereocenters. The second kappa shape index (κ2) is 6.40. The van der Waals surface area contributed by atoms with Gasteiger partial charge in [-0.3, -0.25) is 0 Å². The molecule has 0 amide bonds. The lowest BCUT2D eigenvalue weighted by atomic mass is 10.2. The minimum Gasteiger partial charge on any atom is -0.396 e. The van der Waals surface area contributed by atoms with E-state index in [2.05, 4.69) is 5.32 Å². The third-order valence-electron chi connectivity index (χ3n) is 1.97. The molecule has 3 nitrogen and oxygen atoms in total. The molecule has 1 rings (SSSR count). The van der Waals surface area contributed by atoms with Crippen molar-refractivity contribution >= 4 is 5.69 Å². The first kappa shape index (κ1) is 11.0. The van der Waals surface area contributed by atoms with Gasteiger partial charge in [-0.05, 0) is 12.5 Å². The summed E-state index contributed by atoms with van der Waals surface area (Å²) in [4.78, 5) is 0. The first-order valence-electron chi connectivity index (χ1n) is 4.80. The van der Waals surface area contributed by atoms with E-state index in [-0.39, 0.29) is 6.61 Å². The Balaban J connectivity index is 2.55. The van der Waals surface area contributed by atoms with Gasteiger partial charge in [0.05, 0.1) is 6.61 Å². The summed E-state index contributed by atoms with van der Waals surface area (Å²) in [6, 6.07) is 8.03. The molecule has 0 radical (unpaired) electrons. The van der Waals surface area contributed by atoms with E-state index in [1.165, 1.54) is 0 Å². The van der Waals surface area contributed by atoms with Crippen molar-refractivity contribution in [2.24, 2.45) is 0 Å². The highest BCUT2D eigenvalue weighted by molar-refractivity contribution is 5.50. The molecule has 0 spiro atoms. The summed E-state index contributed by atoms with van der Waals surface area (Å²) >= 11 is 0. The monoisotopic (exact) mass is 195 g/mol. The fraction of sp³-hybridized carbons (Fsp3) is 0.455. The van der Waals surface area contributed by atoms with Gasteiger partial charge in [0.2, 0.25) is 0 Å². The second-order valence-corrected chi connectivity index (χ2v) is 3.09. The van der Waals surface area contributed by atoms with Crippen LogP contribution in [0, 0.1) is 0 Å². The SMILES string of the molecule is COCc1ccccc1NCCCO. The van der Waals surface area contributed by atoms with Crippen LogP contribution in [0.5, 0.6) is 0 Å². The first-order chi connectivity index (χ1) is 6.88. The molecule has 14 heavy (non-hydrogen) atoms. The number of rotatable bonds is 6. The molecule has 0 aliphatic heterocycles. The van der Waals surface area contributed by atoms with E-state index in [4.69, 9.17) is 9.84 Å². The number of aliphatic hydroxyl groups excluding tert-OH is 1. The molecule has 0 saturated carbocycles. The zero-order valence-electron chi connectivity index (χ0n) is 8.49. The van der Waals surface area contributed by atoms with Crippen molar-refractivity contribution in [2.75, 3.05) is 25.6 Å². The Bertz CT molecular complexity index is 263. The average Bonchev–Trinajstić information content (AvgIpc) is 2.21. The van der Waals surface area contributed by atoms with Crippen molar-refractivity contribution in [1.82, 2.24) is 0 Å². The predicted octanol–water partition coefficient (Wildman–Crippen LogP) is 1.63. The van der Waals surface area contributed by atoms with Crippen LogP contribution >= 0.6 is 0 Å². The zero-order valence-corrected chi connectivity index (χ0v) is 8.49. The fourth-order valence-corrected chi connectivity index (χ4v) is 1.28. The molecular weight excluding hydrogens is 178 g/mol. The molecule has 0 heterocycles. The highest BCUT2D eigenvalue weighted by Crippen LogP contribution is 2.15. The van der Waals surface area contributed by atoms with Crippen molar-refractivity contribution in [3.8, 4) is 0 Å². The summed E-state index contributed by atoms with van der Waals surface area (Å²) in [5.41, 5.74) is 2.23. The van der Waals surface area contributed by atoms with Crippen molar-refractivity contribution in [3.05, 3.63) is 29.8 Å². The van der Waals surface area contributed by atoms with Gasteiger partial charge in [-0.1, -0.05) is 18.2 Å². The largest absolute Gasteiger partial charge is 0.396 e. The Morgan fingerprint density at radius 1 is 1.36 bits per heavy atom. The van der Waals surface area contributed by atoms with Crippen LogP contribution in [0.4, 0.5) is 5.69 Å². The highest BCUT2D eigenvalue weighted by atomic mass is 16.5. The lowest BCUT2D eigenvalue weighted by Gasteiger charge is -2.10. The minimum atomic E-state index is 0.222. The maximum Gasteiger partial charge on any atom is 0.0733 e. The predicted molar refractivity (Wildman–Crippen MR) is 57.3 cm³/mol. The van der Waals surface area contributed by atoms with Gasteiger partial charge in [-0.15, -0.1) is 0 Å². The van der Waals surface area contributed by atoms with E-state index in [9.17, 15) is 0 Å². The van der Waals surface area contributed by atoms with E-state index in [1.54, 1.807) is 7.11 Å². The third kappa shape index (κ3) is 3.36. The number of para-hydroxylation sites is 1. The van der Waals surface area contributed by atoms with Gasteiger partial charge in [0.15, 0.2) is 0 Å². The van der Waals surface area contributed by atoms with E-state index in [0.29, 0.717) is 6.61 Å². The molecule has 0 aliphatic carbocycles. The summed E-state index contributed by atoms with van der Waals surface area (Å²) < 4.78 is 5.09. The number of ether oxygens (including phenoxy) is 1.